The Morgan fingerprint density at radius 3 is 2.89 bits per heavy atom. The van der Waals surface area contributed by atoms with E-state index in [0.717, 1.165) is 53.7 Å². The molecule has 0 spiro atoms. The molecule has 0 amide bonds. The van der Waals surface area contributed by atoms with E-state index >= 15 is 0 Å². The maximum Gasteiger partial charge on any atom is 0.153 e. The van der Waals surface area contributed by atoms with E-state index in [-0.39, 0.29) is 0 Å². The lowest BCUT2D eigenvalue weighted by atomic mass is 10.2. The predicted molar refractivity (Wildman–Crippen MR) is 107 cm³/mol. The third-order valence-corrected chi connectivity index (χ3v) is 5.67. The molecule has 0 unspecified atom stereocenters. The molecule has 28 heavy (non-hydrogen) atoms. The summed E-state index contributed by atoms with van der Waals surface area (Å²) in [6.45, 7) is 4.96. The SMILES string of the molecule is Cc1cc(Nc2cc3ncccc3c(N[C@@H]3[C@@H]4CN(CCC#N)C[C@@H]43)n2)n[nH]1. The van der Waals surface area contributed by atoms with Gasteiger partial charge in [-0.05, 0) is 30.9 Å². The van der Waals surface area contributed by atoms with Gasteiger partial charge in [-0.2, -0.15) is 10.4 Å². The molecular formula is C20H22N8. The molecule has 3 atom stereocenters. The zero-order valence-electron chi connectivity index (χ0n) is 15.7. The molecule has 1 saturated heterocycles. The predicted octanol–water partition coefficient (Wildman–Crippen LogP) is 2.66. The molecule has 3 aromatic heterocycles. The van der Waals surface area contributed by atoms with Gasteiger partial charge < -0.3 is 15.5 Å². The molecule has 5 rings (SSSR count). The molecule has 0 aromatic carbocycles. The van der Waals surface area contributed by atoms with E-state index in [1.807, 2.05) is 25.1 Å². The monoisotopic (exact) mass is 374 g/mol. The van der Waals surface area contributed by atoms with Gasteiger partial charge in [0.05, 0.1) is 11.6 Å². The number of H-pyrrole nitrogens is 1. The van der Waals surface area contributed by atoms with Gasteiger partial charge in [0, 0.05) is 61.5 Å². The highest BCUT2D eigenvalue weighted by Gasteiger charge is 2.55. The van der Waals surface area contributed by atoms with Gasteiger partial charge in [-0.3, -0.25) is 10.1 Å². The fourth-order valence-corrected chi connectivity index (χ4v) is 4.24. The number of aromatic nitrogens is 4. The number of fused-ring (bicyclic) bond motifs is 2. The summed E-state index contributed by atoms with van der Waals surface area (Å²) in [6, 6.07) is 10.6. The smallest absolute Gasteiger partial charge is 0.153 e. The van der Waals surface area contributed by atoms with Crippen LogP contribution in [0.4, 0.5) is 17.5 Å². The number of nitriles is 1. The summed E-state index contributed by atoms with van der Waals surface area (Å²) in [5, 5.41) is 23.9. The van der Waals surface area contributed by atoms with Crippen LogP contribution in [0, 0.1) is 30.1 Å². The van der Waals surface area contributed by atoms with E-state index in [9.17, 15) is 0 Å². The number of rotatable bonds is 6. The van der Waals surface area contributed by atoms with Crippen LogP contribution in [0.2, 0.25) is 0 Å². The van der Waals surface area contributed by atoms with Gasteiger partial charge in [-0.25, -0.2) is 4.98 Å². The Hall–Kier alpha value is -3.18. The number of piperidine rings is 1. The summed E-state index contributed by atoms with van der Waals surface area (Å²) >= 11 is 0. The van der Waals surface area contributed by atoms with Gasteiger partial charge in [0.1, 0.15) is 11.6 Å². The number of pyridine rings is 2. The minimum Gasteiger partial charge on any atom is -0.366 e. The molecule has 1 saturated carbocycles. The van der Waals surface area contributed by atoms with E-state index in [2.05, 4.69) is 42.9 Å². The number of aryl methyl sites for hydroxylation is 1. The van der Waals surface area contributed by atoms with E-state index in [4.69, 9.17) is 10.2 Å². The normalized spacial score (nSPS) is 23.4. The average Bonchev–Trinajstić information content (AvgIpc) is 3.02. The molecule has 1 aliphatic carbocycles. The first kappa shape index (κ1) is 17.0. The van der Waals surface area contributed by atoms with Crippen molar-refractivity contribution in [2.75, 3.05) is 30.3 Å². The van der Waals surface area contributed by atoms with Crippen LogP contribution in [-0.2, 0) is 0 Å². The summed E-state index contributed by atoms with van der Waals surface area (Å²) in [5.41, 5.74) is 1.89. The average molecular weight is 374 g/mol. The van der Waals surface area contributed by atoms with Crippen molar-refractivity contribution in [1.82, 2.24) is 25.1 Å². The van der Waals surface area contributed by atoms with Gasteiger partial charge >= 0.3 is 0 Å². The highest BCUT2D eigenvalue weighted by atomic mass is 15.2. The molecule has 3 N–H and O–H groups in total. The Morgan fingerprint density at radius 1 is 1.29 bits per heavy atom. The maximum atomic E-state index is 8.77. The number of likely N-dealkylation sites (tertiary alicyclic amines) is 1. The zero-order valence-corrected chi connectivity index (χ0v) is 15.7. The number of anilines is 3. The number of nitrogens with one attached hydrogen (secondary N) is 3. The van der Waals surface area contributed by atoms with Crippen LogP contribution in [0.1, 0.15) is 12.1 Å². The van der Waals surface area contributed by atoms with Crippen molar-refractivity contribution in [3.63, 3.8) is 0 Å². The Labute approximate surface area is 163 Å². The molecule has 8 heteroatoms. The summed E-state index contributed by atoms with van der Waals surface area (Å²) in [4.78, 5) is 11.7. The third-order valence-electron chi connectivity index (χ3n) is 5.67. The summed E-state index contributed by atoms with van der Waals surface area (Å²) in [7, 11) is 0. The van der Waals surface area contributed by atoms with Crippen molar-refractivity contribution in [2.45, 2.75) is 19.4 Å². The van der Waals surface area contributed by atoms with Crippen molar-refractivity contribution in [3.05, 3.63) is 36.2 Å². The van der Waals surface area contributed by atoms with Crippen molar-refractivity contribution in [2.24, 2.45) is 11.8 Å². The summed E-state index contributed by atoms with van der Waals surface area (Å²) in [6.07, 6.45) is 2.41. The highest BCUT2D eigenvalue weighted by molar-refractivity contribution is 5.91. The lowest BCUT2D eigenvalue weighted by Crippen LogP contribution is -2.28. The van der Waals surface area contributed by atoms with Crippen LogP contribution in [0.25, 0.3) is 10.9 Å². The van der Waals surface area contributed by atoms with Crippen molar-refractivity contribution >= 4 is 28.4 Å². The van der Waals surface area contributed by atoms with E-state index in [1.54, 1.807) is 6.20 Å². The Bertz CT molecular complexity index is 1040. The molecule has 8 nitrogen and oxygen atoms in total. The van der Waals surface area contributed by atoms with Crippen LogP contribution in [0.3, 0.4) is 0 Å². The molecule has 4 heterocycles. The lowest BCUT2D eigenvalue weighted by Gasteiger charge is -2.19. The summed E-state index contributed by atoms with van der Waals surface area (Å²) < 4.78 is 0. The highest BCUT2D eigenvalue weighted by Crippen LogP contribution is 2.47. The van der Waals surface area contributed by atoms with E-state index in [1.165, 1.54) is 0 Å². The second-order valence-corrected chi connectivity index (χ2v) is 7.65. The number of nitrogens with zero attached hydrogens (tertiary/aromatic N) is 5. The standard InChI is InChI=1S/C20H22N8/c1-12-8-18(27-26-12)23-17-9-16-13(4-2-6-22-16)20(24-17)25-19-14-10-28(7-3-5-21)11-15(14)19/h2,4,6,8-9,14-15,19H,3,7,10-11H2,1H3,(H3,23,24,25,26,27)/t14-,15+,19-. The maximum absolute atomic E-state index is 8.77. The first-order valence-corrected chi connectivity index (χ1v) is 9.62. The third kappa shape index (κ3) is 3.14. The Balaban J connectivity index is 1.35. The number of hydrogen-bond donors (Lipinski definition) is 3. The van der Waals surface area contributed by atoms with Crippen molar-refractivity contribution in [1.29, 1.82) is 5.26 Å². The molecule has 0 radical (unpaired) electrons. The molecule has 142 valence electrons. The first-order valence-electron chi connectivity index (χ1n) is 9.62. The van der Waals surface area contributed by atoms with Crippen LogP contribution < -0.4 is 10.6 Å². The fourth-order valence-electron chi connectivity index (χ4n) is 4.24. The van der Waals surface area contributed by atoms with E-state index in [0.29, 0.717) is 24.3 Å². The molecule has 3 aromatic rings. The second-order valence-electron chi connectivity index (χ2n) is 7.65. The van der Waals surface area contributed by atoms with Crippen molar-refractivity contribution in [3.8, 4) is 6.07 Å². The number of hydrogen-bond acceptors (Lipinski definition) is 7. The molecule has 1 aliphatic heterocycles. The van der Waals surface area contributed by atoms with Crippen molar-refractivity contribution < 1.29 is 0 Å². The number of aromatic amines is 1. The van der Waals surface area contributed by atoms with Gasteiger partial charge in [0.2, 0.25) is 0 Å². The topological polar surface area (TPSA) is 106 Å². The van der Waals surface area contributed by atoms with E-state index < -0.39 is 0 Å². The molecular weight excluding hydrogens is 352 g/mol. The van der Waals surface area contributed by atoms with Gasteiger partial charge in [-0.15, -0.1) is 0 Å². The Kier molecular flexibility index (Phi) is 4.10. The minimum atomic E-state index is 0.442. The van der Waals surface area contributed by atoms with Crippen LogP contribution in [-0.4, -0.2) is 50.7 Å². The summed E-state index contributed by atoms with van der Waals surface area (Å²) in [5.74, 6) is 3.60. The van der Waals surface area contributed by atoms with Gasteiger partial charge in [0.25, 0.3) is 0 Å². The lowest BCUT2D eigenvalue weighted by molar-refractivity contribution is 0.307. The van der Waals surface area contributed by atoms with Gasteiger partial charge in [-0.1, -0.05) is 0 Å². The fraction of sp³-hybridized carbons (Fsp3) is 0.400. The first-order chi connectivity index (χ1) is 13.7. The Morgan fingerprint density at radius 2 is 2.14 bits per heavy atom. The zero-order chi connectivity index (χ0) is 19.1. The molecule has 2 aliphatic rings. The second kappa shape index (κ2) is 6.77. The largest absolute Gasteiger partial charge is 0.366 e. The molecule has 0 bridgehead atoms. The quantitative estimate of drug-likeness (QED) is 0.609. The van der Waals surface area contributed by atoms with Gasteiger partial charge in [0.15, 0.2) is 5.82 Å². The minimum absolute atomic E-state index is 0.442. The van der Waals surface area contributed by atoms with Crippen LogP contribution >= 0.6 is 0 Å². The van der Waals surface area contributed by atoms with Crippen LogP contribution in [0.15, 0.2) is 30.5 Å². The van der Waals surface area contributed by atoms with Crippen LogP contribution in [0.5, 0.6) is 0 Å². The molecule has 2 fully saturated rings.